The topological polar surface area (TPSA) is 115 Å². The Morgan fingerprint density at radius 1 is 0.898 bits per heavy atom. The molecule has 0 spiro atoms. The number of aryl methyl sites for hydroxylation is 1. The first kappa shape index (κ1) is 40.0. The van der Waals surface area contributed by atoms with Crippen molar-refractivity contribution in [3.8, 4) is 28.5 Å². The van der Waals surface area contributed by atoms with Crippen molar-refractivity contribution >= 4 is 35.1 Å². The average molecular weight is 832 g/mol. The number of hydrogen-bond acceptors (Lipinski definition) is 7. The summed E-state index contributed by atoms with van der Waals surface area (Å²) in [5.41, 5.74) is 7.66. The van der Waals surface area contributed by atoms with Crippen LogP contribution in [0.3, 0.4) is 0 Å². The highest BCUT2D eigenvalue weighted by molar-refractivity contribution is 6.42. The summed E-state index contributed by atoms with van der Waals surface area (Å²) in [6.07, 6.45) is 2.66. The van der Waals surface area contributed by atoms with Gasteiger partial charge in [-0.15, -0.1) is 0 Å². The Morgan fingerprint density at radius 3 is 2.34 bits per heavy atom. The van der Waals surface area contributed by atoms with Crippen LogP contribution in [0.1, 0.15) is 58.9 Å². The first-order valence-electron chi connectivity index (χ1n) is 19.7. The lowest BCUT2D eigenvalue weighted by atomic mass is 9.89. The van der Waals surface area contributed by atoms with Crippen LogP contribution in [0, 0.1) is 0 Å². The van der Waals surface area contributed by atoms with Gasteiger partial charge in [-0.05, 0) is 94.3 Å². The standard InChI is InChI=1S/C47H44Cl2N4O6/c1-3-40(31-7-5-4-6-8-31)53-26-35-25-44-43(58-28-45(59-44)33-14-16-36(17-15-33)57-27-30-11-18-37(48)38(49)21-30)24-34(35)23-42(53)46(54)51-39(47(55)56)22-29-9-12-32(13-10-29)41-19-20-50-52(41)2/h4-21,24-25,39-40,42,45H,3,22-23,26-28H2,1-2H3,(H,51,54)(H,55,56)/t39?,40-,42-,45+/m0/s1. The number of benzene rings is 5. The van der Waals surface area contributed by atoms with E-state index in [1.165, 1.54) is 0 Å². The molecule has 0 saturated heterocycles. The quantitative estimate of drug-likeness (QED) is 0.119. The Balaban J connectivity index is 0.994. The lowest BCUT2D eigenvalue weighted by molar-refractivity contribution is -0.143. The highest BCUT2D eigenvalue weighted by atomic mass is 35.5. The van der Waals surface area contributed by atoms with Crippen LogP contribution in [0.4, 0.5) is 0 Å². The van der Waals surface area contributed by atoms with Gasteiger partial charge in [0.2, 0.25) is 5.91 Å². The average Bonchev–Trinajstić information content (AvgIpc) is 3.69. The van der Waals surface area contributed by atoms with E-state index in [1.54, 1.807) is 23.0 Å². The second kappa shape index (κ2) is 17.6. The number of amides is 1. The van der Waals surface area contributed by atoms with Gasteiger partial charge in [-0.2, -0.15) is 5.10 Å². The summed E-state index contributed by atoms with van der Waals surface area (Å²) in [6.45, 7) is 3.22. The third kappa shape index (κ3) is 8.95. The van der Waals surface area contributed by atoms with Crippen LogP contribution in [0.15, 0.2) is 121 Å². The molecule has 4 atom stereocenters. The van der Waals surface area contributed by atoms with Gasteiger partial charge in [0.15, 0.2) is 17.6 Å². The number of rotatable bonds is 13. The van der Waals surface area contributed by atoms with Crippen molar-refractivity contribution in [2.24, 2.45) is 7.05 Å². The maximum atomic E-state index is 14.4. The summed E-state index contributed by atoms with van der Waals surface area (Å²) in [6, 6.07) is 35.1. The van der Waals surface area contributed by atoms with Crippen molar-refractivity contribution in [1.82, 2.24) is 20.0 Å². The fourth-order valence-electron chi connectivity index (χ4n) is 7.99. The number of carbonyl (C=O) groups excluding carboxylic acids is 1. The van der Waals surface area contributed by atoms with Crippen LogP contribution in [0.2, 0.25) is 10.0 Å². The Kier molecular flexibility index (Phi) is 11.9. The summed E-state index contributed by atoms with van der Waals surface area (Å²) in [4.78, 5) is 29.2. The SMILES string of the molecule is CC[C@@H](c1ccccc1)N1Cc2cc3c(cc2C[C@H]1C(=O)NC(Cc1ccc(-c2ccnn2C)cc1)C(=O)O)OC[C@H](c1ccc(OCc2ccc(Cl)c(Cl)c2)cc1)O3. The molecule has 6 aromatic rings. The van der Waals surface area contributed by atoms with E-state index in [0.29, 0.717) is 53.5 Å². The van der Waals surface area contributed by atoms with Gasteiger partial charge in [0.05, 0.1) is 21.8 Å². The number of aliphatic carboxylic acids is 1. The molecule has 2 aliphatic rings. The Morgan fingerprint density at radius 2 is 1.64 bits per heavy atom. The minimum absolute atomic E-state index is 0.0960. The first-order valence-corrected chi connectivity index (χ1v) is 20.4. The molecule has 2 N–H and O–H groups in total. The maximum absolute atomic E-state index is 14.4. The molecule has 0 aliphatic carbocycles. The third-order valence-corrected chi connectivity index (χ3v) is 11.9. The van der Waals surface area contributed by atoms with Gasteiger partial charge in [0.1, 0.15) is 25.0 Å². The monoisotopic (exact) mass is 830 g/mol. The van der Waals surface area contributed by atoms with Crippen LogP contribution in [-0.2, 0) is 42.6 Å². The first-order chi connectivity index (χ1) is 28.6. The Hall–Kier alpha value is -5.81. The molecule has 0 fully saturated rings. The second-order valence-corrected chi connectivity index (χ2v) is 15.8. The van der Waals surface area contributed by atoms with Gasteiger partial charge in [0.25, 0.3) is 0 Å². The number of hydrogen-bond donors (Lipinski definition) is 2. The second-order valence-electron chi connectivity index (χ2n) is 15.0. The maximum Gasteiger partial charge on any atom is 0.326 e. The Labute approximate surface area is 353 Å². The largest absolute Gasteiger partial charge is 0.489 e. The third-order valence-electron chi connectivity index (χ3n) is 11.1. The molecular formula is C47H44Cl2N4O6. The molecule has 2 aliphatic heterocycles. The minimum atomic E-state index is -1.12. The summed E-state index contributed by atoms with van der Waals surface area (Å²) in [5, 5.41) is 18.5. The predicted molar refractivity (Wildman–Crippen MR) is 227 cm³/mol. The normalized spacial score (nSPS) is 17.1. The number of ether oxygens (including phenoxy) is 3. The van der Waals surface area contributed by atoms with Gasteiger partial charge in [-0.25, -0.2) is 4.79 Å². The number of halogens is 2. The van der Waals surface area contributed by atoms with Crippen molar-refractivity contribution in [3.63, 3.8) is 0 Å². The zero-order valence-electron chi connectivity index (χ0n) is 32.7. The molecule has 0 saturated carbocycles. The highest BCUT2D eigenvalue weighted by Gasteiger charge is 2.39. The minimum Gasteiger partial charge on any atom is -0.489 e. The van der Waals surface area contributed by atoms with Gasteiger partial charge < -0.3 is 24.6 Å². The fourth-order valence-corrected chi connectivity index (χ4v) is 8.31. The molecule has 0 radical (unpaired) electrons. The van der Waals surface area contributed by atoms with Crippen LogP contribution < -0.4 is 19.5 Å². The molecular weight excluding hydrogens is 787 g/mol. The fraction of sp³-hybridized carbons (Fsp3) is 0.255. The number of nitrogens with zero attached hydrogens (tertiary/aromatic N) is 3. The van der Waals surface area contributed by atoms with E-state index in [4.69, 9.17) is 37.4 Å². The van der Waals surface area contributed by atoms with Crippen molar-refractivity contribution < 1.29 is 28.9 Å². The number of aromatic nitrogens is 2. The summed E-state index contributed by atoms with van der Waals surface area (Å²) < 4.78 is 20.6. The summed E-state index contributed by atoms with van der Waals surface area (Å²) in [5.74, 6) is 0.534. The van der Waals surface area contributed by atoms with Crippen LogP contribution in [0.25, 0.3) is 11.3 Å². The van der Waals surface area contributed by atoms with Crippen LogP contribution >= 0.6 is 23.2 Å². The number of carbonyl (C=O) groups is 2. The van der Waals surface area contributed by atoms with Gasteiger partial charge >= 0.3 is 5.97 Å². The van der Waals surface area contributed by atoms with E-state index in [2.05, 4.69) is 34.4 Å². The van der Waals surface area contributed by atoms with Crippen molar-refractivity contribution in [2.45, 2.75) is 63.6 Å². The molecule has 1 aromatic heterocycles. The molecule has 1 amide bonds. The smallest absolute Gasteiger partial charge is 0.326 e. The number of fused-ring (bicyclic) bond motifs is 2. The summed E-state index contributed by atoms with van der Waals surface area (Å²) >= 11 is 12.2. The van der Waals surface area contributed by atoms with Crippen molar-refractivity contribution in [1.29, 1.82) is 0 Å². The van der Waals surface area contributed by atoms with E-state index in [-0.39, 0.29) is 24.5 Å². The molecule has 0 bridgehead atoms. The predicted octanol–water partition coefficient (Wildman–Crippen LogP) is 9.18. The zero-order valence-corrected chi connectivity index (χ0v) is 34.2. The van der Waals surface area contributed by atoms with Crippen molar-refractivity contribution in [3.05, 3.63) is 165 Å². The van der Waals surface area contributed by atoms with Gasteiger partial charge in [0, 0.05) is 32.3 Å². The molecule has 3 heterocycles. The molecule has 59 heavy (non-hydrogen) atoms. The molecule has 5 aromatic carbocycles. The molecule has 8 rings (SSSR count). The van der Waals surface area contributed by atoms with Gasteiger partial charge in [-0.3, -0.25) is 14.4 Å². The Bertz CT molecular complexity index is 2440. The molecule has 12 heteroatoms. The lowest BCUT2D eigenvalue weighted by Gasteiger charge is -2.42. The summed E-state index contributed by atoms with van der Waals surface area (Å²) in [7, 11) is 1.87. The van der Waals surface area contributed by atoms with Gasteiger partial charge in [-0.1, -0.05) is 103 Å². The van der Waals surface area contributed by atoms with E-state index in [9.17, 15) is 14.7 Å². The van der Waals surface area contributed by atoms with Crippen molar-refractivity contribution in [2.75, 3.05) is 6.61 Å². The van der Waals surface area contributed by atoms with Crippen LogP contribution in [-0.4, -0.2) is 50.4 Å². The van der Waals surface area contributed by atoms with E-state index < -0.39 is 18.1 Å². The van der Waals surface area contributed by atoms with E-state index in [1.807, 2.05) is 98.0 Å². The molecule has 302 valence electrons. The van der Waals surface area contributed by atoms with Crippen LogP contribution in [0.5, 0.6) is 17.2 Å². The number of carboxylic acid groups (broad SMARTS) is 1. The number of nitrogens with one attached hydrogen (secondary N) is 1. The highest BCUT2D eigenvalue weighted by Crippen LogP contribution is 2.42. The van der Waals surface area contributed by atoms with E-state index >= 15 is 0 Å². The lowest BCUT2D eigenvalue weighted by Crippen LogP contribution is -2.55. The number of carboxylic acids is 1. The molecule has 10 nitrogen and oxygen atoms in total. The zero-order chi connectivity index (χ0) is 41.0. The molecule has 1 unspecified atom stereocenters. The van der Waals surface area contributed by atoms with E-state index in [0.717, 1.165) is 51.1 Å².